The van der Waals surface area contributed by atoms with E-state index in [-0.39, 0.29) is 6.61 Å². The van der Waals surface area contributed by atoms with Crippen molar-refractivity contribution >= 4 is 59.4 Å². The van der Waals surface area contributed by atoms with Gasteiger partial charge in [-0.2, -0.15) is 4.57 Å². The molecule has 47 heavy (non-hydrogen) atoms. The van der Waals surface area contributed by atoms with Gasteiger partial charge in [-0.1, -0.05) is 108 Å². The fourth-order valence-corrected chi connectivity index (χ4v) is 4.42. The molecule has 0 amide bonds. The third-order valence-electron chi connectivity index (χ3n) is 5.97. The molecule has 0 fully saturated rings. The summed E-state index contributed by atoms with van der Waals surface area (Å²) in [4.78, 5) is 7.82. The first-order chi connectivity index (χ1) is 22.8. The Hall–Kier alpha value is -3.60. The lowest BCUT2D eigenvalue weighted by molar-refractivity contribution is -0.677. The Morgan fingerprint density at radius 1 is 0.596 bits per heavy atom. The molecule has 0 aliphatic rings. The van der Waals surface area contributed by atoms with Crippen LogP contribution in [0.2, 0.25) is 5.15 Å². The van der Waals surface area contributed by atoms with Crippen molar-refractivity contribution in [2.24, 2.45) is 7.05 Å². The summed E-state index contributed by atoms with van der Waals surface area (Å²) in [5.74, 6) is 1.52. The number of aromatic nitrogens is 3. The molecule has 6 rings (SSSR count). The summed E-state index contributed by atoms with van der Waals surface area (Å²) in [5, 5.41) is 9.16. The highest BCUT2D eigenvalue weighted by molar-refractivity contribution is 9.11. The number of benzene rings is 3. The largest absolute Gasteiger partial charge is 0.473 e. The second-order valence-electron chi connectivity index (χ2n) is 9.59. The first-order valence-corrected chi connectivity index (χ1v) is 17.1. The maximum absolute atomic E-state index is 8.61. The third-order valence-corrected chi connectivity index (χ3v) is 7.78. The second-order valence-corrected chi connectivity index (χ2v) is 12.7. The molecule has 6 nitrogen and oxygen atoms in total. The standard InChI is InChI=1S/C13H13BrNO.C12H10BrNO.C7H7BrO.C5H4ClN/c1-15-9-3-2-4-13(15)16-10-11-5-7-12(14)8-6-11;13-11-6-4-10(5-7-11)9-15-12-3-1-2-8-14-12;8-7-3-1-6(5-9)2-4-7;6-5-3-1-2-4-7-5/h2-9H,10H2,1H3;1-8H,9H2;1-4,9H,5H2;1-4H/q+1;;;. The molecular weight excluding hydrogens is 810 g/mol. The minimum atomic E-state index is 0.118. The predicted octanol–water partition coefficient (Wildman–Crippen LogP) is 9.95. The minimum absolute atomic E-state index is 0.118. The van der Waals surface area contributed by atoms with E-state index in [9.17, 15) is 0 Å². The number of aliphatic hydroxyl groups excluding tert-OH is 1. The smallest absolute Gasteiger partial charge is 0.367 e. The van der Waals surface area contributed by atoms with E-state index < -0.39 is 0 Å². The predicted molar refractivity (Wildman–Crippen MR) is 198 cm³/mol. The van der Waals surface area contributed by atoms with E-state index in [1.807, 2.05) is 139 Å². The molecule has 0 bridgehead atoms. The fourth-order valence-electron chi connectivity index (χ4n) is 3.50. The van der Waals surface area contributed by atoms with Gasteiger partial charge in [-0.25, -0.2) is 9.97 Å². The molecule has 1 N–H and O–H groups in total. The Morgan fingerprint density at radius 2 is 1.09 bits per heavy atom. The van der Waals surface area contributed by atoms with Crippen molar-refractivity contribution in [2.75, 3.05) is 0 Å². The zero-order valence-corrected chi connectivity index (χ0v) is 31.1. The molecule has 0 spiro atoms. The normalized spacial score (nSPS) is 9.74. The van der Waals surface area contributed by atoms with Gasteiger partial charge in [0.1, 0.15) is 25.4 Å². The highest BCUT2D eigenvalue weighted by Crippen LogP contribution is 2.14. The van der Waals surface area contributed by atoms with Crippen LogP contribution in [0.3, 0.4) is 0 Å². The molecule has 6 aromatic rings. The van der Waals surface area contributed by atoms with Gasteiger partial charge in [-0.15, -0.1) is 0 Å². The summed E-state index contributed by atoms with van der Waals surface area (Å²) in [7, 11) is 1.97. The van der Waals surface area contributed by atoms with E-state index in [4.69, 9.17) is 26.2 Å². The lowest BCUT2D eigenvalue weighted by Gasteiger charge is -2.04. The molecule has 3 aromatic carbocycles. The number of aliphatic hydroxyl groups is 1. The average molecular weight is 844 g/mol. The van der Waals surface area contributed by atoms with Crippen LogP contribution in [-0.2, 0) is 26.9 Å². The molecule has 0 saturated heterocycles. The Labute approximate surface area is 306 Å². The summed E-state index contributed by atoms with van der Waals surface area (Å²) in [6, 6.07) is 40.7. The number of rotatable bonds is 7. The molecule has 242 valence electrons. The van der Waals surface area contributed by atoms with Crippen LogP contribution in [-0.4, -0.2) is 15.1 Å². The van der Waals surface area contributed by atoms with Gasteiger partial charge in [0.05, 0.1) is 12.7 Å². The maximum Gasteiger partial charge on any atom is 0.367 e. The first-order valence-electron chi connectivity index (χ1n) is 14.3. The maximum atomic E-state index is 8.61. The quantitative estimate of drug-likeness (QED) is 0.128. The van der Waals surface area contributed by atoms with E-state index >= 15 is 0 Å². The minimum Gasteiger partial charge on any atom is -0.473 e. The topological polar surface area (TPSA) is 68.4 Å². The zero-order valence-electron chi connectivity index (χ0n) is 25.6. The number of pyridine rings is 3. The van der Waals surface area contributed by atoms with Gasteiger partial charge in [-0.3, -0.25) is 0 Å². The summed E-state index contributed by atoms with van der Waals surface area (Å²) in [5.41, 5.74) is 3.23. The SMILES string of the molecule is Brc1ccc(COc2ccccn2)cc1.C[n+]1ccccc1OCc1ccc(Br)cc1.Clc1ccccn1.OCc1ccc(Br)cc1. The Morgan fingerprint density at radius 3 is 1.51 bits per heavy atom. The first kappa shape index (κ1) is 37.9. The Bertz CT molecular complexity index is 1700. The van der Waals surface area contributed by atoms with Crippen molar-refractivity contribution in [3.8, 4) is 11.8 Å². The van der Waals surface area contributed by atoms with Gasteiger partial charge in [0.2, 0.25) is 5.88 Å². The van der Waals surface area contributed by atoms with E-state index in [0.29, 0.717) is 24.2 Å². The molecule has 0 saturated carbocycles. The number of hydrogen-bond acceptors (Lipinski definition) is 5. The van der Waals surface area contributed by atoms with Gasteiger partial charge in [0.15, 0.2) is 6.20 Å². The van der Waals surface area contributed by atoms with E-state index in [0.717, 1.165) is 36.0 Å². The summed E-state index contributed by atoms with van der Waals surface area (Å²) in [6.07, 6.45) is 5.34. The molecule has 0 unspecified atom stereocenters. The molecular formula is C37H34Br3ClN3O3+. The van der Waals surface area contributed by atoms with Crippen LogP contribution in [0.4, 0.5) is 0 Å². The Kier molecular flexibility index (Phi) is 17.8. The molecule has 3 aromatic heterocycles. The molecule has 0 aliphatic carbocycles. The fraction of sp³-hybridized carbons (Fsp3) is 0.108. The van der Waals surface area contributed by atoms with E-state index in [1.54, 1.807) is 18.5 Å². The third kappa shape index (κ3) is 16.2. The van der Waals surface area contributed by atoms with Crippen molar-refractivity contribution in [2.45, 2.75) is 19.8 Å². The van der Waals surface area contributed by atoms with E-state index in [2.05, 4.69) is 57.8 Å². The highest BCUT2D eigenvalue weighted by Gasteiger charge is 2.05. The average Bonchev–Trinajstić information content (AvgIpc) is 3.10. The number of ether oxygens (including phenoxy) is 2. The summed E-state index contributed by atoms with van der Waals surface area (Å²) < 4.78 is 16.4. The monoisotopic (exact) mass is 840 g/mol. The highest BCUT2D eigenvalue weighted by atomic mass is 79.9. The van der Waals surface area contributed by atoms with Crippen molar-refractivity contribution in [3.05, 3.63) is 181 Å². The lowest BCUT2D eigenvalue weighted by Crippen LogP contribution is -2.29. The number of aryl methyl sites for hydroxylation is 1. The van der Waals surface area contributed by atoms with Crippen LogP contribution in [0.25, 0.3) is 0 Å². The van der Waals surface area contributed by atoms with Gasteiger partial charge in [-0.05, 0) is 77.4 Å². The van der Waals surface area contributed by atoms with E-state index in [1.165, 1.54) is 0 Å². The van der Waals surface area contributed by atoms with Crippen LogP contribution in [0.5, 0.6) is 11.8 Å². The molecule has 0 atom stereocenters. The number of nitrogens with zero attached hydrogens (tertiary/aromatic N) is 3. The molecule has 10 heteroatoms. The number of halogens is 4. The lowest BCUT2D eigenvalue weighted by atomic mass is 10.2. The molecule has 0 radical (unpaired) electrons. The summed E-state index contributed by atoms with van der Waals surface area (Å²) in [6.45, 7) is 1.25. The van der Waals surface area contributed by atoms with Gasteiger partial charge in [0.25, 0.3) is 0 Å². The van der Waals surface area contributed by atoms with Crippen LogP contribution in [0, 0.1) is 0 Å². The van der Waals surface area contributed by atoms with Crippen LogP contribution < -0.4 is 14.0 Å². The van der Waals surface area contributed by atoms with Crippen molar-refractivity contribution in [1.29, 1.82) is 0 Å². The Balaban J connectivity index is 0.000000179. The van der Waals surface area contributed by atoms with Gasteiger partial charge < -0.3 is 14.6 Å². The van der Waals surface area contributed by atoms with Crippen molar-refractivity contribution < 1.29 is 19.1 Å². The summed E-state index contributed by atoms with van der Waals surface area (Å²) >= 11 is 15.5. The molecule has 0 aliphatic heterocycles. The van der Waals surface area contributed by atoms with Crippen LogP contribution in [0.15, 0.2) is 159 Å². The second kappa shape index (κ2) is 22.1. The molecule has 3 heterocycles. The number of hydrogen-bond donors (Lipinski definition) is 1. The zero-order chi connectivity index (χ0) is 33.7. The van der Waals surface area contributed by atoms with Crippen LogP contribution in [0.1, 0.15) is 16.7 Å². The van der Waals surface area contributed by atoms with Gasteiger partial charge >= 0.3 is 5.88 Å². The van der Waals surface area contributed by atoms with Crippen LogP contribution >= 0.6 is 59.4 Å². The van der Waals surface area contributed by atoms with Crippen molar-refractivity contribution in [3.63, 3.8) is 0 Å². The van der Waals surface area contributed by atoms with Gasteiger partial charge in [0, 0.05) is 37.9 Å². The van der Waals surface area contributed by atoms with Crippen molar-refractivity contribution in [1.82, 2.24) is 9.97 Å².